The van der Waals surface area contributed by atoms with Gasteiger partial charge in [-0.15, -0.1) is 0 Å². The maximum atomic E-state index is 11.4. The number of rotatable bonds is 2. The minimum absolute atomic E-state index is 0.0974. The highest BCUT2D eigenvalue weighted by Crippen LogP contribution is 2.26. The molecule has 1 heterocycles. The topological polar surface area (TPSA) is 93.8 Å². The molecule has 1 aliphatic rings. The van der Waals surface area contributed by atoms with Crippen LogP contribution in [0.5, 0.6) is 0 Å². The van der Waals surface area contributed by atoms with Crippen molar-refractivity contribution in [3.05, 3.63) is 11.1 Å². The van der Waals surface area contributed by atoms with E-state index in [9.17, 15) is 9.59 Å². The third-order valence-corrected chi connectivity index (χ3v) is 2.26. The molecule has 1 aliphatic heterocycles. The normalized spacial score (nSPS) is 20.4. The van der Waals surface area contributed by atoms with Gasteiger partial charge in [0, 0.05) is 0 Å². The Hall–Kier alpha value is -2.14. The number of hydrogen-bond acceptors (Lipinski definition) is 4. The molecule has 0 aliphatic carbocycles. The zero-order chi connectivity index (χ0) is 12.3. The van der Waals surface area contributed by atoms with Gasteiger partial charge >= 0.3 is 0 Å². The molecular formula is C11H11N3O2. The zero-order valence-corrected chi connectivity index (χ0v) is 9.07. The first-order valence-electron chi connectivity index (χ1n) is 4.89. The summed E-state index contributed by atoms with van der Waals surface area (Å²) in [5, 5.41) is 19.7. The van der Waals surface area contributed by atoms with Gasteiger partial charge in [-0.1, -0.05) is 13.8 Å². The van der Waals surface area contributed by atoms with Crippen LogP contribution in [0.2, 0.25) is 0 Å². The van der Waals surface area contributed by atoms with Crippen LogP contribution in [0.25, 0.3) is 0 Å². The Morgan fingerprint density at radius 3 is 2.44 bits per heavy atom. The van der Waals surface area contributed by atoms with Crippen LogP contribution in [0.15, 0.2) is 11.1 Å². The summed E-state index contributed by atoms with van der Waals surface area (Å²) in [5.74, 6) is -2.18. The number of carbonyl (C=O) groups is 2. The summed E-state index contributed by atoms with van der Waals surface area (Å²) in [5.41, 5.74) is 0.244. The van der Waals surface area contributed by atoms with Gasteiger partial charge in [0.1, 0.15) is 17.6 Å². The van der Waals surface area contributed by atoms with Crippen LogP contribution in [-0.4, -0.2) is 11.8 Å². The standard InChI is InChI=1S/C11H11N3O2/c1-6(2)3-7-8(4-12)10(15)14-11(16)9(7)5-13/h6,8H,3H2,1-2H3,(H,14,15,16). The van der Waals surface area contributed by atoms with Gasteiger partial charge in [-0.25, -0.2) is 0 Å². The molecule has 0 aromatic rings. The maximum Gasteiger partial charge on any atom is 0.268 e. The van der Waals surface area contributed by atoms with Gasteiger partial charge in [0.15, 0.2) is 0 Å². The van der Waals surface area contributed by atoms with E-state index < -0.39 is 17.7 Å². The fraction of sp³-hybridized carbons (Fsp3) is 0.455. The lowest BCUT2D eigenvalue weighted by atomic mass is 9.85. The van der Waals surface area contributed by atoms with E-state index in [1.807, 2.05) is 25.2 Å². The molecule has 0 radical (unpaired) electrons. The Morgan fingerprint density at radius 2 is 2.00 bits per heavy atom. The van der Waals surface area contributed by atoms with Crippen molar-refractivity contribution >= 4 is 11.8 Å². The number of amides is 2. The molecule has 1 N–H and O–H groups in total. The second kappa shape index (κ2) is 4.59. The van der Waals surface area contributed by atoms with E-state index in [-0.39, 0.29) is 11.5 Å². The number of hydrogen-bond donors (Lipinski definition) is 1. The fourth-order valence-corrected chi connectivity index (χ4v) is 1.61. The lowest BCUT2D eigenvalue weighted by Crippen LogP contribution is -2.42. The summed E-state index contributed by atoms with van der Waals surface area (Å²) < 4.78 is 0. The second-order valence-corrected chi connectivity index (χ2v) is 3.99. The Labute approximate surface area is 93.4 Å². The monoisotopic (exact) mass is 217 g/mol. The Morgan fingerprint density at radius 1 is 1.38 bits per heavy atom. The average Bonchev–Trinajstić information content (AvgIpc) is 2.17. The molecule has 0 saturated heterocycles. The first-order chi connectivity index (χ1) is 7.51. The van der Waals surface area contributed by atoms with Crippen LogP contribution in [0.1, 0.15) is 20.3 Å². The van der Waals surface area contributed by atoms with Crippen LogP contribution >= 0.6 is 0 Å². The van der Waals surface area contributed by atoms with Crippen LogP contribution in [0.4, 0.5) is 0 Å². The zero-order valence-electron chi connectivity index (χ0n) is 9.07. The van der Waals surface area contributed by atoms with Crippen molar-refractivity contribution in [3.8, 4) is 12.1 Å². The summed E-state index contributed by atoms with van der Waals surface area (Å²) in [6, 6.07) is 3.58. The van der Waals surface area contributed by atoms with E-state index in [0.29, 0.717) is 12.0 Å². The highest BCUT2D eigenvalue weighted by Gasteiger charge is 2.34. The van der Waals surface area contributed by atoms with Crippen molar-refractivity contribution < 1.29 is 9.59 Å². The lowest BCUT2D eigenvalue weighted by molar-refractivity contribution is -0.130. The molecule has 1 rings (SSSR count). The van der Waals surface area contributed by atoms with Gasteiger partial charge < -0.3 is 0 Å². The van der Waals surface area contributed by atoms with Crippen molar-refractivity contribution in [3.63, 3.8) is 0 Å². The summed E-state index contributed by atoms with van der Waals surface area (Å²) in [7, 11) is 0. The molecule has 5 nitrogen and oxygen atoms in total. The number of carbonyl (C=O) groups excluding carboxylic acids is 2. The van der Waals surface area contributed by atoms with Gasteiger partial charge in [0.05, 0.1) is 6.07 Å². The molecule has 0 fully saturated rings. The lowest BCUT2D eigenvalue weighted by Gasteiger charge is -2.21. The smallest absolute Gasteiger partial charge is 0.268 e. The van der Waals surface area contributed by atoms with Crippen LogP contribution in [-0.2, 0) is 9.59 Å². The van der Waals surface area contributed by atoms with Crippen molar-refractivity contribution in [1.29, 1.82) is 10.5 Å². The third kappa shape index (κ3) is 2.09. The van der Waals surface area contributed by atoms with E-state index in [1.54, 1.807) is 6.07 Å². The fourth-order valence-electron chi connectivity index (χ4n) is 1.61. The predicted molar refractivity (Wildman–Crippen MR) is 54.3 cm³/mol. The van der Waals surface area contributed by atoms with Crippen LogP contribution in [0.3, 0.4) is 0 Å². The van der Waals surface area contributed by atoms with E-state index >= 15 is 0 Å². The maximum absolute atomic E-state index is 11.4. The van der Waals surface area contributed by atoms with Crippen LogP contribution in [0, 0.1) is 34.5 Å². The number of imide groups is 1. The molecule has 0 bridgehead atoms. The van der Waals surface area contributed by atoms with Crippen LogP contribution < -0.4 is 5.32 Å². The first kappa shape index (κ1) is 11.9. The molecule has 0 aromatic heterocycles. The molecule has 1 atom stereocenters. The largest absolute Gasteiger partial charge is 0.290 e. The van der Waals surface area contributed by atoms with Gasteiger partial charge in [0.25, 0.3) is 5.91 Å². The van der Waals surface area contributed by atoms with E-state index in [1.165, 1.54) is 0 Å². The van der Waals surface area contributed by atoms with Crippen molar-refractivity contribution in [2.45, 2.75) is 20.3 Å². The summed E-state index contributed by atoms with van der Waals surface area (Å²) in [6.07, 6.45) is 0.403. The van der Waals surface area contributed by atoms with Gasteiger partial charge in [-0.2, -0.15) is 10.5 Å². The highest BCUT2D eigenvalue weighted by molar-refractivity contribution is 6.12. The highest BCUT2D eigenvalue weighted by atomic mass is 16.2. The van der Waals surface area contributed by atoms with Gasteiger partial charge in [-0.05, 0) is 17.9 Å². The molecule has 5 heteroatoms. The minimum Gasteiger partial charge on any atom is -0.290 e. The second-order valence-electron chi connectivity index (χ2n) is 3.99. The third-order valence-electron chi connectivity index (χ3n) is 2.26. The molecule has 16 heavy (non-hydrogen) atoms. The number of nitrogens with one attached hydrogen (secondary N) is 1. The molecule has 82 valence electrons. The predicted octanol–water partition coefficient (Wildman–Crippen LogP) is 0.649. The van der Waals surface area contributed by atoms with E-state index in [2.05, 4.69) is 0 Å². The summed E-state index contributed by atoms with van der Waals surface area (Å²) >= 11 is 0. The number of nitriles is 2. The summed E-state index contributed by atoms with van der Waals surface area (Å²) in [4.78, 5) is 22.8. The van der Waals surface area contributed by atoms with E-state index in [4.69, 9.17) is 10.5 Å². The van der Waals surface area contributed by atoms with E-state index in [0.717, 1.165) is 0 Å². The van der Waals surface area contributed by atoms with Crippen molar-refractivity contribution in [1.82, 2.24) is 5.32 Å². The summed E-state index contributed by atoms with van der Waals surface area (Å²) in [6.45, 7) is 3.79. The minimum atomic E-state index is -1.02. The quantitative estimate of drug-likeness (QED) is 0.687. The molecule has 1 unspecified atom stereocenters. The average molecular weight is 217 g/mol. The SMILES string of the molecule is CC(C)CC1=C(C#N)C(=O)NC(=O)C1C#N. The first-order valence-corrected chi connectivity index (χ1v) is 4.89. The number of nitrogens with zero attached hydrogens (tertiary/aromatic N) is 2. The molecular weight excluding hydrogens is 206 g/mol. The molecule has 0 saturated carbocycles. The van der Waals surface area contributed by atoms with Crippen molar-refractivity contribution in [2.24, 2.45) is 11.8 Å². The Kier molecular flexibility index (Phi) is 3.42. The Bertz CT molecular complexity index is 449. The molecule has 2 amide bonds. The van der Waals surface area contributed by atoms with Gasteiger partial charge in [0.2, 0.25) is 5.91 Å². The van der Waals surface area contributed by atoms with Crippen molar-refractivity contribution in [2.75, 3.05) is 0 Å². The molecule has 0 spiro atoms. The molecule has 0 aromatic carbocycles. The van der Waals surface area contributed by atoms with Gasteiger partial charge in [-0.3, -0.25) is 14.9 Å². The Balaban J connectivity index is 3.27.